The van der Waals surface area contributed by atoms with Gasteiger partial charge < -0.3 is 15.5 Å². The predicted octanol–water partition coefficient (Wildman–Crippen LogP) is 16.4. The molecular formula is C51H103NO3. The minimum Gasteiger partial charge on any atom is -0.394 e. The first-order chi connectivity index (χ1) is 27.2. The third-order valence-electron chi connectivity index (χ3n) is 12.4. The fraction of sp³-hybridized carbons (Fsp3) is 0.980. The zero-order chi connectivity index (χ0) is 40.0. The number of rotatable bonds is 48. The summed E-state index contributed by atoms with van der Waals surface area (Å²) in [4.78, 5) is 12.4. The number of unbranched alkanes of at least 4 members (excludes halogenated alkanes) is 41. The quantitative estimate of drug-likeness (QED) is 0.0539. The Bertz CT molecular complexity index is 714. The molecule has 0 heterocycles. The van der Waals surface area contributed by atoms with Crippen molar-refractivity contribution >= 4 is 5.91 Å². The summed E-state index contributed by atoms with van der Waals surface area (Å²) in [5.41, 5.74) is 0. The van der Waals surface area contributed by atoms with Crippen LogP contribution in [-0.4, -0.2) is 34.9 Å². The van der Waals surface area contributed by atoms with Gasteiger partial charge in [-0.2, -0.15) is 0 Å². The van der Waals surface area contributed by atoms with Crippen LogP contribution in [0.4, 0.5) is 0 Å². The van der Waals surface area contributed by atoms with Gasteiger partial charge in [-0.1, -0.05) is 284 Å². The molecule has 0 rings (SSSR count). The van der Waals surface area contributed by atoms with Gasteiger partial charge in [0.1, 0.15) is 0 Å². The lowest BCUT2D eigenvalue weighted by atomic mass is 10.0. The van der Waals surface area contributed by atoms with Crippen LogP contribution in [0, 0.1) is 0 Å². The molecule has 4 nitrogen and oxygen atoms in total. The SMILES string of the molecule is CCCCCCCCCCCCCCCCCCCCCCCCCCCC(O)C(CO)NC(=O)CCCCCCCCCCCCCCCCCCCC. The topological polar surface area (TPSA) is 69.6 Å². The second-order valence-corrected chi connectivity index (χ2v) is 18.0. The highest BCUT2D eigenvalue weighted by Crippen LogP contribution is 2.18. The smallest absolute Gasteiger partial charge is 0.220 e. The lowest BCUT2D eigenvalue weighted by Crippen LogP contribution is -2.45. The Hall–Kier alpha value is -0.610. The molecule has 1 amide bonds. The highest BCUT2D eigenvalue weighted by molar-refractivity contribution is 5.76. The average Bonchev–Trinajstić information content (AvgIpc) is 3.19. The van der Waals surface area contributed by atoms with Crippen molar-refractivity contribution < 1.29 is 15.0 Å². The summed E-state index contributed by atoms with van der Waals surface area (Å²) in [6.45, 7) is 4.40. The minimum atomic E-state index is -0.654. The molecule has 0 fully saturated rings. The minimum absolute atomic E-state index is 0.0237. The molecule has 0 aromatic heterocycles. The number of hydrogen-bond donors (Lipinski definition) is 3. The Kier molecular flexibility index (Phi) is 47.2. The lowest BCUT2D eigenvalue weighted by molar-refractivity contribution is -0.123. The highest BCUT2D eigenvalue weighted by Gasteiger charge is 2.20. The lowest BCUT2D eigenvalue weighted by Gasteiger charge is -2.22. The van der Waals surface area contributed by atoms with Gasteiger partial charge in [-0.25, -0.2) is 0 Å². The fourth-order valence-electron chi connectivity index (χ4n) is 8.42. The van der Waals surface area contributed by atoms with Crippen LogP contribution in [0.2, 0.25) is 0 Å². The molecule has 0 saturated carbocycles. The van der Waals surface area contributed by atoms with Crippen LogP contribution in [0.25, 0.3) is 0 Å². The van der Waals surface area contributed by atoms with E-state index in [0.717, 1.165) is 25.7 Å². The molecule has 2 atom stereocenters. The van der Waals surface area contributed by atoms with E-state index in [1.165, 1.54) is 250 Å². The molecule has 0 bridgehead atoms. The van der Waals surface area contributed by atoms with Crippen molar-refractivity contribution in [2.75, 3.05) is 6.61 Å². The summed E-state index contributed by atoms with van der Waals surface area (Å²) in [5.74, 6) is -0.0237. The van der Waals surface area contributed by atoms with E-state index in [2.05, 4.69) is 19.2 Å². The van der Waals surface area contributed by atoms with Crippen molar-refractivity contribution in [1.82, 2.24) is 5.32 Å². The molecule has 0 aliphatic heterocycles. The van der Waals surface area contributed by atoms with Crippen molar-refractivity contribution in [2.45, 2.75) is 315 Å². The Balaban J connectivity index is 3.42. The zero-order valence-electron chi connectivity index (χ0n) is 38.0. The third-order valence-corrected chi connectivity index (χ3v) is 12.4. The van der Waals surface area contributed by atoms with Crippen LogP contribution >= 0.6 is 0 Å². The number of carbonyl (C=O) groups excluding carboxylic acids is 1. The average molecular weight is 778 g/mol. The van der Waals surface area contributed by atoms with Crippen LogP contribution in [-0.2, 0) is 4.79 Å². The first-order valence-electron chi connectivity index (χ1n) is 25.7. The first-order valence-corrected chi connectivity index (χ1v) is 25.7. The van der Waals surface area contributed by atoms with E-state index in [4.69, 9.17) is 0 Å². The molecule has 0 aromatic carbocycles. The van der Waals surface area contributed by atoms with Gasteiger partial charge in [-0.15, -0.1) is 0 Å². The molecular weight excluding hydrogens is 675 g/mol. The maximum atomic E-state index is 12.4. The fourth-order valence-corrected chi connectivity index (χ4v) is 8.42. The van der Waals surface area contributed by atoms with Gasteiger partial charge in [0.15, 0.2) is 0 Å². The van der Waals surface area contributed by atoms with Gasteiger partial charge in [-0.05, 0) is 12.8 Å². The van der Waals surface area contributed by atoms with Crippen molar-refractivity contribution in [2.24, 2.45) is 0 Å². The van der Waals surface area contributed by atoms with Crippen LogP contribution in [0.1, 0.15) is 303 Å². The maximum Gasteiger partial charge on any atom is 0.220 e. The van der Waals surface area contributed by atoms with Crippen molar-refractivity contribution in [3.8, 4) is 0 Å². The summed E-state index contributed by atoms with van der Waals surface area (Å²) >= 11 is 0. The monoisotopic (exact) mass is 778 g/mol. The van der Waals surface area contributed by atoms with Crippen LogP contribution in [0.5, 0.6) is 0 Å². The van der Waals surface area contributed by atoms with Gasteiger partial charge >= 0.3 is 0 Å². The number of aliphatic hydroxyl groups excluding tert-OH is 2. The molecule has 0 aromatic rings. The largest absolute Gasteiger partial charge is 0.394 e. The summed E-state index contributed by atoms with van der Waals surface area (Å²) in [6.07, 6.45) is 59.3. The van der Waals surface area contributed by atoms with Crippen LogP contribution in [0.3, 0.4) is 0 Å². The molecule has 0 saturated heterocycles. The number of amides is 1. The normalized spacial score (nSPS) is 12.7. The summed E-state index contributed by atoms with van der Waals surface area (Å²) in [7, 11) is 0. The Morgan fingerprint density at radius 3 is 0.818 bits per heavy atom. The van der Waals surface area contributed by atoms with Gasteiger partial charge in [-0.3, -0.25) is 4.79 Å². The number of aliphatic hydroxyl groups is 2. The Morgan fingerprint density at radius 1 is 0.364 bits per heavy atom. The van der Waals surface area contributed by atoms with Crippen molar-refractivity contribution in [3.63, 3.8) is 0 Å². The van der Waals surface area contributed by atoms with Crippen LogP contribution < -0.4 is 5.32 Å². The molecule has 0 aliphatic rings. The molecule has 0 spiro atoms. The van der Waals surface area contributed by atoms with Gasteiger partial charge in [0.05, 0.1) is 18.8 Å². The van der Waals surface area contributed by atoms with Crippen LogP contribution in [0.15, 0.2) is 0 Å². The van der Waals surface area contributed by atoms with E-state index in [1.807, 2.05) is 0 Å². The number of carbonyl (C=O) groups is 1. The summed E-state index contributed by atoms with van der Waals surface area (Å²) in [6, 6.07) is -0.530. The van der Waals surface area contributed by atoms with E-state index < -0.39 is 12.1 Å². The van der Waals surface area contributed by atoms with Gasteiger partial charge in [0.25, 0.3) is 0 Å². The zero-order valence-corrected chi connectivity index (χ0v) is 38.0. The number of hydrogen-bond acceptors (Lipinski definition) is 3. The predicted molar refractivity (Wildman–Crippen MR) is 244 cm³/mol. The Labute approximate surface area is 346 Å². The van der Waals surface area contributed by atoms with Gasteiger partial charge in [0, 0.05) is 6.42 Å². The van der Waals surface area contributed by atoms with E-state index in [1.54, 1.807) is 0 Å². The maximum absolute atomic E-state index is 12.4. The second-order valence-electron chi connectivity index (χ2n) is 18.0. The van der Waals surface area contributed by atoms with E-state index in [0.29, 0.717) is 12.8 Å². The van der Waals surface area contributed by atoms with Gasteiger partial charge in [0.2, 0.25) is 5.91 Å². The van der Waals surface area contributed by atoms with E-state index >= 15 is 0 Å². The molecule has 55 heavy (non-hydrogen) atoms. The standard InChI is InChI=1S/C51H103NO3/c1-3-5-7-9-11-13-15-17-19-21-23-24-25-26-27-28-29-30-32-34-36-38-40-42-44-46-50(54)49(48-53)52-51(55)47-45-43-41-39-37-35-33-31-22-20-18-16-14-12-10-8-6-4-2/h49-50,53-54H,3-48H2,1-2H3,(H,52,55). The van der Waals surface area contributed by atoms with E-state index in [9.17, 15) is 15.0 Å². The van der Waals surface area contributed by atoms with E-state index in [-0.39, 0.29) is 12.5 Å². The molecule has 3 N–H and O–H groups in total. The third kappa shape index (κ3) is 44.3. The molecule has 330 valence electrons. The molecule has 0 aliphatic carbocycles. The second kappa shape index (κ2) is 47.8. The summed E-state index contributed by atoms with van der Waals surface area (Å²) < 4.78 is 0. The molecule has 4 heteroatoms. The van der Waals surface area contributed by atoms with Crippen molar-refractivity contribution in [3.05, 3.63) is 0 Å². The molecule has 2 unspecified atom stereocenters. The Morgan fingerprint density at radius 2 is 0.582 bits per heavy atom. The van der Waals surface area contributed by atoms with Crippen molar-refractivity contribution in [1.29, 1.82) is 0 Å². The first kappa shape index (κ1) is 54.4. The molecule has 0 radical (unpaired) electrons. The number of nitrogens with one attached hydrogen (secondary N) is 1. The highest BCUT2D eigenvalue weighted by atomic mass is 16.3. The summed E-state index contributed by atoms with van der Waals surface area (Å²) in [5, 5.41) is 23.3.